The van der Waals surface area contributed by atoms with Gasteiger partial charge in [-0.1, -0.05) is 11.3 Å². The van der Waals surface area contributed by atoms with Crippen LogP contribution in [0.15, 0.2) is 18.3 Å². The third-order valence-corrected chi connectivity index (χ3v) is 7.05. The highest BCUT2D eigenvalue weighted by atomic mass is 32.1. The summed E-state index contributed by atoms with van der Waals surface area (Å²) in [5, 5.41) is 17.6. The van der Waals surface area contributed by atoms with Gasteiger partial charge in [0.1, 0.15) is 23.7 Å². The predicted molar refractivity (Wildman–Crippen MR) is 120 cm³/mol. The first-order chi connectivity index (χ1) is 15.9. The van der Waals surface area contributed by atoms with Crippen LogP contribution in [0.4, 0.5) is 5.13 Å². The molecule has 4 heterocycles. The van der Waals surface area contributed by atoms with Crippen LogP contribution in [0.25, 0.3) is 21.8 Å². The summed E-state index contributed by atoms with van der Waals surface area (Å²) in [5.74, 6) is -0.0984. The molecule has 0 bridgehead atoms. The summed E-state index contributed by atoms with van der Waals surface area (Å²) < 4.78 is 13.3. The highest BCUT2D eigenvalue weighted by Gasteiger charge is 2.35. The Hall–Kier alpha value is -3.47. The van der Waals surface area contributed by atoms with E-state index in [2.05, 4.69) is 15.3 Å². The molecule has 1 saturated carbocycles. The molecule has 0 spiro atoms. The normalized spacial score (nSPS) is 19.2. The Morgan fingerprint density at radius 3 is 2.70 bits per heavy atom. The minimum Gasteiger partial charge on any atom is -0.483 e. The molecule has 0 atom stereocenters. The molecule has 2 N–H and O–H groups in total. The first-order valence-corrected chi connectivity index (χ1v) is 11.5. The number of carbonyl (C=O) groups is 2. The fourth-order valence-corrected chi connectivity index (χ4v) is 5.45. The van der Waals surface area contributed by atoms with Gasteiger partial charge in [0.05, 0.1) is 23.9 Å². The Labute approximate surface area is 193 Å². The van der Waals surface area contributed by atoms with Gasteiger partial charge in [0.15, 0.2) is 10.9 Å². The molecule has 1 fully saturated rings. The van der Waals surface area contributed by atoms with Gasteiger partial charge in [0.2, 0.25) is 11.8 Å². The lowest BCUT2D eigenvalue weighted by Gasteiger charge is -2.28. The molecule has 172 valence electrons. The fraction of sp³-hybridized carbons (Fsp3) is 0.409. The highest BCUT2D eigenvalue weighted by Crippen LogP contribution is 2.49. The number of nitrogens with one attached hydrogen (secondary N) is 1. The summed E-state index contributed by atoms with van der Waals surface area (Å²) in [4.78, 5) is 32.7. The van der Waals surface area contributed by atoms with Gasteiger partial charge in [-0.15, -0.1) is 0 Å². The number of rotatable bonds is 5. The van der Waals surface area contributed by atoms with Crippen molar-refractivity contribution < 1.29 is 24.2 Å². The van der Waals surface area contributed by atoms with Crippen LogP contribution >= 0.6 is 11.3 Å². The molecule has 33 heavy (non-hydrogen) atoms. The molecule has 2 aliphatic rings. The van der Waals surface area contributed by atoms with Crippen LogP contribution in [0.5, 0.6) is 11.6 Å². The number of ether oxygens (including phenoxy) is 2. The van der Waals surface area contributed by atoms with Crippen molar-refractivity contribution in [2.75, 3.05) is 12.4 Å². The Bertz CT molecular complexity index is 1210. The van der Waals surface area contributed by atoms with E-state index in [9.17, 15) is 14.7 Å². The molecule has 3 aromatic rings. The van der Waals surface area contributed by atoms with Crippen LogP contribution in [-0.2, 0) is 16.2 Å². The third kappa shape index (κ3) is 3.92. The Kier molecular flexibility index (Phi) is 5.49. The van der Waals surface area contributed by atoms with Gasteiger partial charge < -0.3 is 19.9 Å². The second-order valence-electron chi connectivity index (χ2n) is 8.17. The van der Waals surface area contributed by atoms with Crippen molar-refractivity contribution in [2.24, 2.45) is 5.92 Å². The largest absolute Gasteiger partial charge is 0.483 e. The van der Waals surface area contributed by atoms with E-state index in [1.807, 2.05) is 10.7 Å². The van der Waals surface area contributed by atoms with Crippen LogP contribution in [0, 0.1) is 5.92 Å². The zero-order valence-electron chi connectivity index (χ0n) is 18.2. The van der Waals surface area contributed by atoms with E-state index in [4.69, 9.17) is 14.6 Å². The molecule has 10 nitrogen and oxygen atoms in total. The first-order valence-electron chi connectivity index (χ1n) is 10.7. The van der Waals surface area contributed by atoms with E-state index in [1.165, 1.54) is 18.3 Å². The molecule has 11 heteroatoms. The van der Waals surface area contributed by atoms with Crippen molar-refractivity contribution in [3.05, 3.63) is 24.0 Å². The Morgan fingerprint density at radius 1 is 1.27 bits per heavy atom. The molecule has 3 aromatic heterocycles. The number of thiazole rings is 1. The van der Waals surface area contributed by atoms with E-state index in [1.54, 1.807) is 19.4 Å². The molecule has 0 aromatic carbocycles. The van der Waals surface area contributed by atoms with Crippen molar-refractivity contribution in [1.82, 2.24) is 19.7 Å². The number of fused-ring (bicyclic) bond motifs is 3. The lowest BCUT2D eigenvalue weighted by atomic mass is 9.86. The summed E-state index contributed by atoms with van der Waals surface area (Å²) >= 11 is 1.39. The number of hydrogen-bond acceptors (Lipinski definition) is 8. The number of pyridine rings is 1. The molecular formula is C22H23N5O5S. The van der Waals surface area contributed by atoms with Crippen LogP contribution in [0.3, 0.4) is 0 Å². The maximum Gasteiger partial charge on any atom is 0.306 e. The minimum atomic E-state index is -0.742. The summed E-state index contributed by atoms with van der Waals surface area (Å²) in [6.07, 6.45) is 4.31. The van der Waals surface area contributed by atoms with E-state index in [0.29, 0.717) is 48.1 Å². The van der Waals surface area contributed by atoms with Gasteiger partial charge in [0, 0.05) is 24.8 Å². The van der Waals surface area contributed by atoms with E-state index in [0.717, 1.165) is 21.8 Å². The first kappa shape index (κ1) is 21.4. The monoisotopic (exact) mass is 469 g/mol. The summed E-state index contributed by atoms with van der Waals surface area (Å²) in [6, 6.07) is 3.69. The van der Waals surface area contributed by atoms with Gasteiger partial charge in [0.25, 0.3) is 0 Å². The maximum atomic E-state index is 11.6. The molecule has 5 rings (SSSR count). The van der Waals surface area contributed by atoms with Gasteiger partial charge in [-0.3, -0.25) is 14.3 Å². The van der Waals surface area contributed by atoms with Crippen molar-refractivity contribution in [3.63, 3.8) is 0 Å². The number of aliphatic carboxylic acids is 1. The van der Waals surface area contributed by atoms with Crippen molar-refractivity contribution in [3.8, 4) is 33.5 Å². The topological polar surface area (TPSA) is 128 Å². The van der Waals surface area contributed by atoms with Gasteiger partial charge in [-0.05, 0) is 31.7 Å². The van der Waals surface area contributed by atoms with E-state index < -0.39 is 5.97 Å². The second-order valence-corrected chi connectivity index (χ2v) is 9.17. The summed E-state index contributed by atoms with van der Waals surface area (Å²) in [6.45, 7) is 1.72. The average Bonchev–Trinajstić information content (AvgIpc) is 3.39. The SMILES string of the molecule is COc1ccc(-c2nn([C@H]3CC[C@H](C(=O)O)CC3)c3c2OCc2nc(NC(C)=O)sc2-3)cn1. The number of carboxylic acids is 1. The predicted octanol–water partition coefficient (Wildman–Crippen LogP) is 3.74. The standard InChI is InChI=1S/C22H23N5O5S/c1-11(28)24-22-25-15-10-32-19-17(13-5-8-16(31-2)23-9-13)26-27(18(19)20(15)33-22)14-6-3-12(4-7-14)21(29)30/h5,8-9,12,14H,3-4,6-7,10H2,1-2H3,(H,29,30)(H,24,25,28)/t12-,14-. The molecule has 0 radical (unpaired) electrons. The van der Waals surface area contributed by atoms with Crippen LogP contribution in [0.2, 0.25) is 0 Å². The summed E-state index contributed by atoms with van der Waals surface area (Å²) in [5.41, 5.74) is 3.02. The Morgan fingerprint density at radius 2 is 2.06 bits per heavy atom. The average molecular weight is 470 g/mol. The number of amides is 1. The maximum absolute atomic E-state index is 11.6. The van der Waals surface area contributed by atoms with Crippen molar-refractivity contribution in [2.45, 2.75) is 45.3 Å². The number of carbonyl (C=O) groups excluding carboxylic acids is 1. The number of nitrogens with zero attached hydrogens (tertiary/aromatic N) is 4. The molecule has 0 saturated heterocycles. The lowest BCUT2D eigenvalue weighted by Crippen LogP contribution is -2.24. The van der Waals surface area contributed by atoms with Crippen molar-refractivity contribution >= 4 is 28.3 Å². The Balaban J connectivity index is 1.59. The summed E-state index contributed by atoms with van der Waals surface area (Å²) in [7, 11) is 1.56. The zero-order chi connectivity index (χ0) is 23.1. The van der Waals surface area contributed by atoms with Crippen molar-refractivity contribution in [1.29, 1.82) is 0 Å². The fourth-order valence-electron chi connectivity index (χ4n) is 4.40. The molecule has 1 aliphatic carbocycles. The van der Waals surface area contributed by atoms with Gasteiger partial charge >= 0.3 is 5.97 Å². The van der Waals surface area contributed by atoms with Crippen LogP contribution in [-0.4, -0.2) is 43.8 Å². The molecule has 1 aliphatic heterocycles. The van der Waals surface area contributed by atoms with E-state index in [-0.39, 0.29) is 24.5 Å². The smallest absolute Gasteiger partial charge is 0.306 e. The van der Waals surface area contributed by atoms with Crippen LogP contribution < -0.4 is 14.8 Å². The molecule has 1 amide bonds. The van der Waals surface area contributed by atoms with E-state index >= 15 is 0 Å². The van der Waals surface area contributed by atoms with Gasteiger partial charge in [-0.2, -0.15) is 5.10 Å². The molecule has 0 unspecified atom stereocenters. The lowest BCUT2D eigenvalue weighted by molar-refractivity contribution is -0.143. The second kappa shape index (κ2) is 8.47. The quantitative estimate of drug-likeness (QED) is 0.578. The van der Waals surface area contributed by atoms with Crippen LogP contribution in [0.1, 0.15) is 44.3 Å². The number of carboxylic acid groups (broad SMARTS) is 1. The number of aromatic nitrogens is 4. The van der Waals surface area contributed by atoms with Gasteiger partial charge in [-0.25, -0.2) is 9.97 Å². The minimum absolute atomic E-state index is 0.0372. The number of hydrogen-bond donors (Lipinski definition) is 2. The number of anilines is 1. The zero-order valence-corrected chi connectivity index (χ0v) is 19.0. The third-order valence-electron chi connectivity index (χ3n) is 6.03. The highest BCUT2D eigenvalue weighted by molar-refractivity contribution is 7.19. The number of methoxy groups -OCH3 is 1. The molecular weight excluding hydrogens is 446 g/mol.